The SMILES string of the molecule is CCNCC(CC)OCC1CCCCC1. The van der Waals surface area contributed by atoms with Crippen LogP contribution in [0.15, 0.2) is 0 Å². The van der Waals surface area contributed by atoms with Crippen molar-refractivity contribution in [1.29, 1.82) is 0 Å². The van der Waals surface area contributed by atoms with Crippen LogP contribution in [0, 0.1) is 5.92 Å². The minimum Gasteiger partial charge on any atom is -0.377 e. The molecule has 0 amide bonds. The van der Waals surface area contributed by atoms with Crippen molar-refractivity contribution >= 4 is 0 Å². The van der Waals surface area contributed by atoms with Gasteiger partial charge in [-0.1, -0.05) is 33.1 Å². The van der Waals surface area contributed by atoms with Crippen LogP contribution >= 0.6 is 0 Å². The first kappa shape index (κ1) is 13.0. The predicted octanol–water partition coefficient (Wildman–Crippen LogP) is 2.97. The fourth-order valence-electron chi connectivity index (χ4n) is 2.25. The molecule has 90 valence electrons. The zero-order valence-corrected chi connectivity index (χ0v) is 10.4. The van der Waals surface area contributed by atoms with E-state index in [-0.39, 0.29) is 0 Å². The van der Waals surface area contributed by atoms with Gasteiger partial charge in [0, 0.05) is 13.2 Å². The Kier molecular flexibility index (Phi) is 7.03. The van der Waals surface area contributed by atoms with Crippen LogP contribution in [0.4, 0.5) is 0 Å². The third-order valence-electron chi connectivity index (χ3n) is 3.37. The lowest BCUT2D eigenvalue weighted by Gasteiger charge is -2.24. The molecule has 0 aromatic heterocycles. The monoisotopic (exact) mass is 213 g/mol. The molecule has 0 aromatic carbocycles. The average molecular weight is 213 g/mol. The second kappa shape index (κ2) is 8.12. The molecule has 15 heavy (non-hydrogen) atoms. The van der Waals surface area contributed by atoms with Gasteiger partial charge in [-0.15, -0.1) is 0 Å². The number of rotatable bonds is 7. The Labute approximate surface area is 94.8 Å². The summed E-state index contributed by atoms with van der Waals surface area (Å²) in [5.41, 5.74) is 0. The molecule has 2 nitrogen and oxygen atoms in total. The maximum absolute atomic E-state index is 5.97. The van der Waals surface area contributed by atoms with Gasteiger partial charge in [-0.25, -0.2) is 0 Å². The van der Waals surface area contributed by atoms with Crippen molar-refractivity contribution in [3.05, 3.63) is 0 Å². The molecule has 1 aliphatic rings. The molecule has 1 rings (SSSR count). The van der Waals surface area contributed by atoms with Gasteiger partial charge in [-0.2, -0.15) is 0 Å². The van der Waals surface area contributed by atoms with Crippen molar-refractivity contribution in [3.63, 3.8) is 0 Å². The number of nitrogens with one attached hydrogen (secondary N) is 1. The quantitative estimate of drug-likeness (QED) is 0.702. The molecule has 2 heteroatoms. The maximum atomic E-state index is 5.97. The van der Waals surface area contributed by atoms with E-state index in [1.165, 1.54) is 32.1 Å². The molecule has 1 N–H and O–H groups in total. The van der Waals surface area contributed by atoms with Crippen molar-refractivity contribution in [2.24, 2.45) is 5.92 Å². The van der Waals surface area contributed by atoms with E-state index >= 15 is 0 Å². The average Bonchev–Trinajstić information content (AvgIpc) is 2.31. The molecule has 1 atom stereocenters. The van der Waals surface area contributed by atoms with Crippen LogP contribution in [-0.4, -0.2) is 25.8 Å². The van der Waals surface area contributed by atoms with Crippen molar-refractivity contribution in [2.75, 3.05) is 19.7 Å². The third-order valence-corrected chi connectivity index (χ3v) is 3.37. The second-order valence-electron chi connectivity index (χ2n) is 4.68. The van der Waals surface area contributed by atoms with Crippen LogP contribution in [0.1, 0.15) is 52.4 Å². The van der Waals surface area contributed by atoms with Crippen LogP contribution in [0.3, 0.4) is 0 Å². The highest BCUT2D eigenvalue weighted by molar-refractivity contribution is 4.67. The Hall–Kier alpha value is -0.0800. The fourth-order valence-corrected chi connectivity index (χ4v) is 2.25. The summed E-state index contributed by atoms with van der Waals surface area (Å²) < 4.78 is 5.97. The van der Waals surface area contributed by atoms with Crippen molar-refractivity contribution in [3.8, 4) is 0 Å². The number of likely N-dealkylation sites (N-methyl/N-ethyl adjacent to an activating group) is 1. The highest BCUT2D eigenvalue weighted by atomic mass is 16.5. The first-order valence-electron chi connectivity index (χ1n) is 6.69. The molecular formula is C13H27NO. The topological polar surface area (TPSA) is 21.3 Å². The smallest absolute Gasteiger partial charge is 0.0696 e. The lowest BCUT2D eigenvalue weighted by atomic mass is 9.90. The van der Waals surface area contributed by atoms with Gasteiger partial charge in [-0.3, -0.25) is 0 Å². The highest BCUT2D eigenvalue weighted by Crippen LogP contribution is 2.24. The summed E-state index contributed by atoms with van der Waals surface area (Å²) in [5, 5.41) is 3.36. The van der Waals surface area contributed by atoms with Gasteiger partial charge in [0.05, 0.1) is 6.10 Å². The Morgan fingerprint density at radius 2 is 1.93 bits per heavy atom. The largest absolute Gasteiger partial charge is 0.377 e. The van der Waals surface area contributed by atoms with Crippen LogP contribution < -0.4 is 5.32 Å². The molecule has 0 bridgehead atoms. The molecule has 1 saturated carbocycles. The lowest BCUT2D eigenvalue weighted by Crippen LogP contribution is -2.30. The Morgan fingerprint density at radius 3 is 2.53 bits per heavy atom. The summed E-state index contributed by atoms with van der Waals surface area (Å²) in [6.45, 7) is 7.41. The van der Waals surface area contributed by atoms with Crippen LogP contribution in [0.25, 0.3) is 0 Å². The van der Waals surface area contributed by atoms with Crippen LogP contribution in [0.2, 0.25) is 0 Å². The molecule has 1 unspecified atom stereocenters. The Bertz CT molecular complexity index is 143. The number of hydrogen-bond donors (Lipinski definition) is 1. The lowest BCUT2D eigenvalue weighted by molar-refractivity contribution is 0.0195. The summed E-state index contributed by atoms with van der Waals surface area (Å²) in [6, 6.07) is 0. The summed E-state index contributed by atoms with van der Waals surface area (Å²) in [7, 11) is 0. The van der Waals surface area contributed by atoms with Gasteiger partial charge in [0.2, 0.25) is 0 Å². The van der Waals surface area contributed by atoms with E-state index in [9.17, 15) is 0 Å². The van der Waals surface area contributed by atoms with Crippen molar-refractivity contribution < 1.29 is 4.74 Å². The summed E-state index contributed by atoms with van der Waals surface area (Å²) >= 11 is 0. The van der Waals surface area contributed by atoms with Crippen molar-refractivity contribution in [1.82, 2.24) is 5.32 Å². The Morgan fingerprint density at radius 1 is 1.20 bits per heavy atom. The number of ether oxygens (including phenoxy) is 1. The van der Waals surface area contributed by atoms with E-state index in [0.717, 1.165) is 32.0 Å². The fraction of sp³-hybridized carbons (Fsp3) is 1.00. The summed E-state index contributed by atoms with van der Waals surface area (Å²) in [4.78, 5) is 0. The molecule has 0 heterocycles. The van der Waals surface area contributed by atoms with Crippen LogP contribution in [0.5, 0.6) is 0 Å². The van der Waals surface area contributed by atoms with E-state index in [4.69, 9.17) is 4.74 Å². The van der Waals surface area contributed by atoms with Gasteiger partial charge in [0.15, 0.2) is 0 Å². The van der Waals surface area contributed by atoms with E-state index in [2.05, 4.69) is 19.2 Å². The van der Waals surface area contributed by atoms with Gasteiger partial charge in [-0.05, 0) is 31.7 Å². The molecule has 0 aromatic rings. The van der Waals surface area contributed by atoms with Gasteiger partial charge in [0.1, 0.15) is 0 Å². The van der Waals surface area contributed by atoms with Gasteiger partial charge < -0.3 is 10.1 Å². The molecule has 0 aliphatic heterocycles. The molecule has 1 aliphatic carbocycles. The minimum absolute atomic E-state index is 0.423. The molecule has 0 spiro atoms. The van der Waals surface area contributed by atoms with E-state index in [0.29, 0.717) is 6.10 Å². The van der Waals surface area contributed by atoms with Crippen LogP contribution in [-0.2, 0) is 4.74 Å². The summed E-state index contributed by atoms with van der Waals surface area (Å²) in [6.07, 6.45) is 8.59. The molecular weight excluding hydrogens is 186 g/mol. The first-order valence-corrected chi connectivity index (χ1v) is 6.69. The minimum atomic E-state index is 0.423. The third kappa shape index (κ3) is 5.53. The van der Waals surface area contributed by atoms with Crippen molar-refractivity contribution in [2.45, 2.75) is 58.5 Å². The zero-order valence-electron chi connectivity index (χ0n) is 10.4. The normalized spacial score (nSPS) is 20.4. The Balaban J connectivity index is 2.09. The number of hydrogen-bond acceptors (Lipinski definition) is 2. The predicted molar refractivity (Wildman–Crippen MR) is 65.1 cm³/mol. The van der Waals surface area contributed by atoms with Gasteiger partial charge >= 0.3 is 0 Å². The van der Waals surface area contributed by atoms with E-state index < -0.39 is 0 Å². The molecule has 1 fully saturated rings. The first-order chi connectivity index (χ1) is 7.36. The molecule has 0 saturated heterocycles. The summed E-state index contributed by atoms with van der Waals surface area (Å²) in [5.74, 6) is 0.842. The van der Waals surface area contributed by atoms with Gasteiger partial charge in [0.25, 0.3) is 0 Å². The van der Waals surface area contributed by atoms with E-state index in [1.54, 1.807) is 0 Å². The standard InChI is InChI=1S/C13H27NO/c1-3-13(10-14-4-2)15-11-12-8-6-5-7-9-12/h12-14H,3-11H2,1-2H3. The van der Waals surface area contributed by atoms with E-state index in [1.807, 2.05) is 0 Å². The second-order valence-corrected chi connectivity index (χ2v) is 4.68. The highest BCUT2D eigenvalue weighted by Gasteiger charge is 2.15. The maximum Gasteiger partial charge on any atom is 0.0696 e. The zero-order chi connectivity index (χ0) is 10.9. The molecule has 0 radical (unpaired) electrons.